The lowest BCUT2D eigenvalue weighted by molar-refractivity contribution is -0.202. The van der Waals surface area contributed by atoms with Gasteiger partial charge in [0.25, 0.3) is 0 Å². The number of amides is 4. The number of hydrogen-bond acceptors (Lipinski definition) is 14. The predicted octanol–water partition coefficient (Wildman–Crippen LogP) is 12.6. The summed E-state index contributed by atoms with van der Waals surface area (Å²) < 4.78 is 15.6. The summed E-state index contributed by atoms with van der Waals surface area (Å²) >= 11 is 0. The van der Waals surface area contributed by atoms with E-state index in [1.54, 1.807) is 18.8 Å². The Morgan fingerprint density at radius 1 is 0.416 bits per heavy atom. The third-order valence-corrected chi connectivity index (χ3v) is 33.4. The summed E-state index contributed by atoms with van der Waals surface area (Å²) in [4.78, 5) is 64.1. The summed E-state index contributed by atoms with van der Waals surface area (Å²) in [6.45, 7) is 21.1. The van der Waals surface area contributed by atoms with Crippen LogP contribution in [0.5, 0.6) is 0 Å². The molecule has 5 heterocycles. The molecule has 0 unspecified atom stereocenters. The fourth-order valence-corrected chi connectivity index (χ4v) is 27.5. The van der Waals surface area contributed by atoms with E-state index in [1.807, 2.05) is 28.0 Å². The van der Waals surface area contributed by atoms with Crippen LogP contribution in [0, 0.1) is 85.8 Å². The average Bonchev–Trinajstić information content (AvgIpc) is 1.63. The van der Waals surface area contributed by atoms with Gasteiger partial charge >= 0.3 is 28.9 Å². The highest BCUT2D eigenvalue weighted by atomic mass is 16.4. The number of carbonyl (C=O) groups is 2. The number of aliphatic hydroxyl groups is 3. The molecule has 2 saturated heterocycles. The summed E-state index contributed by atoms with van der Waals surface area (Å²) in [6, 6.07) is 11.4. The molecule has 0 spiro atoms. The van der Waals surface area contributed by atoms with E-state index < -0.39 is 16.8 Å². The van der Waals surface area contributed by atoms with Crippen LogP contribution in [0.4, 0.5) is 9.59 Å². The highest BCUT2D eigenvalue weighted by Gasteiger charge is 2.71. The second-order valence-electron chi connectivity index (χ2n) is 36.9. The lowest BCUT2D eigenvalue weighted by Crippen LogP contribution is -2.62. The van der Waals surface area contributed by atoms with Gasteiger partial charge in [0, 0.05) is 105 Å². The summed E-state index contributed by atoms with van der Waals surface area (Å²) in [5, 5.41) is 50.4. The van der Waals surface area contributed by atoms with Crippen molar-refractivity contribution < 1.29 is 38.2 Å². The summed E-state index contributed by atoms with van der Waals surface area (Å²) in [6.07, 6.45) is 33.7. The van der Waals surface area contributed by atoms with Crippen molar-refractivity contribution in [1.82, 2.24) is 31.1 Å². The second kappa shape index (κ2) is 27.5. The van der Waals surface area contributed by atoms with Crippen molar-refractivity contribution in [1.29, 1.82) is 0 Å². The standard InChI is InChI=1S/2C29H43N3O4.C24H35NO3.CH4/c2*1-27-10-7-21(31-26(34)32-15-13-30-14-16-32)17-20(27)4-5-24-23(27)8-11-28(2)22(9-12-29(24,28)35)19-3-6-25(33)36-18-19;1-22-10-7-17(25)13-16(22)4-5-20-19(22)8-11-23(2)18(9-12-24(20,23)27)15-3-6-21(26)28-14-15;/h2*3,6,18,20-24,30,35H,4-5,7-17H2,1-2H3,(H,31,34);3,6,14,16-20,27H,4-5,7-13,25H2,1-2H3;1H4/t2*20-,21-,22-,23+,24-,27+,28-,29+;16-,17-,18-,19+,20-,22+,23-,24+;/m111./s1. The second-order valence-corrected chi connectivity index (χ2v) is 36.9. The van der Waals surface area contributed by atoms with Gasteiger partial charge in [-0.05, 0) is 296 Å². The van der Waals surface area contributed by atoms with Gasteiger partial charge in [-0.1, -0.05) is 49.0 Å². The molecule has 3 aromatic rings. The minimum absolute atomic E-state index is 0. The summed E-state index contributed by atoms with van der Waals surface area (Å²) in [7, 11) is 0. The van der Waals surface area contributed by atoms with E-state index in [4.69, 9.17) is 19.0 Å². The first-order valence-corrected chi connectivity index (χ1v) is 40.0. The molecule has 2 aliphatic heterocycles. The fraction of sp³-hybridized carbons (Fsp3) is 0.795. The Kier molecular flexibility index (Phi) is 19.9. The van der Waals surface area contributed by atoms with Gasteiger partial charge in [-0.25, -0.2) is 24.0 Å². The Morgan fingerprint density at radius 3 is 1.05 bits per heavy atom. The fourth-order valence-electron chi connectivity index (χ4n) is 27.5. The van der Waals surface area contributed by atoms with Crippen molar-refractivity contribution in [2.45, 2.75) is 275 Å². The molecule has 0 aromatic carbocycles. The Hall–Kier alpha value is -4.85. The molecule has 14 aliphatic rings. The van der Waals surface area contributed by atoms with Crippen LogP contribution < -0.4 is 43.9 Å². The zero-order valence-corrected chi connectivity index (χ0v) is 61.2. The molecular formula is C83H125N7O11. The van der Waals surface area contributed by atoms with E-state index in [-0.39, 0.29) is 93.3 Å². The molecule has 17 rings (SSSR count). The molecule has 18 heteroatoms. The number of hydrogen-bond donors (Lipinski definition) is 8. The van der Waals surface area contributed by atoms with Crippen molar-refractivity contribution in [3.63, 3.8) is 0 Å². The van der Waals surface area contributed by atoms with Crippen LogP contribution in [-0.4, -0.2) is 124 Å². The average molecular weight is 1400 g/mol. The molecule has 9 N–H and O–H groups in total. The molecule has 12 saturated carbocycles. The Balaban J connectivity index is 0.000000129. The van der Waals surface area contributed by atoms with Crippen LogP contribution in [0.25, 0.3) is 0 Å². The van der Waals surface area contributed by atoms with Gasteiger partial charge in [-0.2, -0.15) is 0 Å². The molecule has 3 aromatic heterocycles. The smallest absolute Gasteiger partial charge is 0.335 e. The third-order valence-electron chi connectivity index (χ3n) is 33.4. The van der Waals surface area contributed by atoms with Crippen molar-refractivity contribution in [2.24, 2.45) is 91.5 Å². The van der Waals surface area contributed by atoms with E-state index in [9.17, 15) is 39.3 Å². The first-order chi connectivity index (χ1) is 47.8. The maximum absolute atomic E-state index is 12.8. The molecule has 0 bridgehead atoms. The summed E-state index contributed by atoms with van der Waals surface area (Å²) in [5.74, 6) is 5.40. The normalized spacial score (nSPS) is 45.6. The first kappa shape index (κ1) is 73.1. The van der Waals surface area contributed by atoms with E-state index in [1.165, 1.54) is 43.9 Å². The maximum Gasteiger partial charge on any atom is 0.335 e. The number of rotatable bonds is 5. The molecule has 558 valence electrons. The number of piperazine rings is 2. The zero-order chi connectivity index (χ0) is 70.0. The SMILES string of the molecule is C.C[C@]12CC[C@@H](N)C[C@H]1CC[C@@H]1[C@@H]2CC[C@]2(C)[C@@H](c3ccc(=O)oc3)CC[C@]12O.C[C@]12CC[C@@H](NC(=O)N3CCNCC3)C[C@H]1CC[C@@H]1[C@@H]2CC[C@]2(C)[C@@H](c3ccc(=O)oc3)CC[C@]12O.C[C@]12CC[C@@H](NC(=O)N3CCNCC3)C[C@H]1CC[C@@H]1[C@@H]2CC[C@]2(C)[C@@H](c3ccc(=O)oc3)CC[C@]12O. The molecule has 4 amide bonds. The van der Waals surface area contributed by atoms with Crippen LogP contribution in [0.2, 0.25) is 0 Å². The zero-order valence-electron chi connectivity index (χ0n) is 61.2. The van der Waals surface area contributed by atoms with E-state index >= 15 is 0 Å². The van der Waals surface area contributed by atoms with Gasteiger partial charge in [0.2, 0.25) is 0 Å². The van der Waals surface area contributed by atoms with Crippen LogP contribution in [-0.2, 0) is 0 Å². The van der Waals surface area contributed by atoms with Crippen LogP contribution in [0.15, 0.2) is 82.8 Å². The number of nitrogens with one attached hydrogen (secondary N) is 4. The monoisotopic (exact) mass is 1400 g/mol. The Bertz CT molecular complexity index is 3440. The van der Waals surface area contributed by atoms with E-state index in [0.717, 1.165) is 223 Å². The maximum atomic E-state index is 12.8. The minimum Gasteiger partial charge on any atom is -0.431 e. The number of fused-ring (bicyclic) bond motifs is 15. The van der Waals surface area contributed by atoms with Crippen LogP contribution >= 0.6 is 0 Å². The molecule has 12 aliphatic carbocycles. The summed E-state index contributed by atoms with van der Waals surface area (Å²) in [5.41, 5.74) is 6.94. The van der Waals surface area contributed by atoms with Crippen LogP contribution in [0.3, 0.4) is 0 Å². The largest absolute Gasteiger partial charge is 0.431 e. The minimum atomic E-state index is -0.669. The van der Waals surface area contributed by atoms with Gasteiger partial charge in [0.1, 0.15) is 0 Å². The quantitative estimate of drug-likeness (QED) is 0.118. The molecule has 24 atom stereocenters. The third kappa shape index (κ3) is 12.1. The first-order valence-electron chi connectivity index (χ1n) is 40.0. The lowest BCUT2D eigenvalue weighted by Gasteiger charge is -2.63. The van der Waals surface area contributed by atoms with Gasteiger partial charge in [-0.3, -0.25) is 0 Å². The van der Waals surface area contributed by atoms with Gasteiger partial charge in [0.05, 0.1) is 35.6 Å². The molecule has 0 radical (unpaired) electrons. The topological polar surface area (TPSA) is 266 Å². The van der Waals surface area contributed by atoms with Crippen molar-refractivity contribution >= 4 is 12.1 Å². The Morgan fingerprint density at radius 2 is 0.733 bits per heavy atom. The lowest BCUT2D eigenvalue weighted by atomic mass is 9.43. The van der Waals surface area contributed by atoms with E-state index in [0.29, 0.717) is 58.8 Å². The molecule has 18 nitrogen and oxygen atoms in total. The molecule has 101 heavy (non-hydrogen) atoms. The number of nitrogens with two attached hydrogens (primary N) is 1. The number of nitrogens with zero attached hydrogens (tertiary/aromatic N) is 2. The predicted molar refractivity (Wildman–Crippen MR) is 391 cm³/mol. The van der Waals surface area contributed by atoms with Gasteiger partial charge in [-0.15, -0.1) is 0 Å². The van der Waals surface area contributed by atoms with Gasteiger partial charge < -0.3 is 65.4 Å². The number of carbonyl (C=O) groups excluding carboxylic acids is 2. The van der Waals surface area contributed by atoms with Crippen LogP contribution in [0.1, 0.15) is 257 Å². The molecular weight excluding hydrogens is 1270 g/mol. The highest BCUT2D eigenvalue weighted by molar-refractivity contribution is 5.75. The van der Waals surface area contributed by atoms with Gasteiger partial charge in [0.15, 0.2) is 0 Å². The highest BCUT2D eigenvalue weighted by Crippen LogP contribution is 2.74. The van der Waals surface area contributed by atoms with Crippen molar-refractivity contribution in [2.75, 3.05) is 52.4 Å². The van der Waals surface area contributed by atoms with E-state index in [2.05, 4.69) is 62.8 Å². The van der Waals surface area contributed by atoms with Crippen molar-refractivity contribution in [3.05, 3.63) is 103 Å². The molecule has 14 fully saturated rings. The van der Waals surface area contributed by atoms with Crippen molar-refractivity contribution in [3.8, 4) is 0 Å². The Labute approximate surface area is 600 Å². The number of urea groups is 2.